The van der Waals surface area contributed by atoms with Crippen molar-refractivity contribution in [2.45, 2.75) is 44.1 Å². The molecule has 0 radical (unpaired) electrons. The van der Waals surface area contributed by atoms with Crippen LogP contribution >= 0.6 is 0 Å². The van der Waals surface area contributed by atoms with Crippen molar-refractivity contribution in [1.29, 1.82) is 0 Å². The van der Waals surface area contributed by atoms with Crippen molar-refractivity contribution in [1.82, 2.24) is 4.90 Å². The van der Waals surface area contributed by atoms with E-state index in [1.165, 1.54) is 57.3 Å². The summed E-state index contributed by atoms with van der Waals surface area (Å²) in [6, 6.07) is 9.10. The summed E-state index contributed by atoms with van der Waals surface area (Å²) < 4.78 is 5.24. The summed E-state index contributed by atoms with van der Waals surface area (Å²) >= 11 is 0. The predicted octanol–water partition coefficient (Wildman–Crippen LogP) is 3.00. The number of hydrogen-bond donors (Lipinski definition) is 1. The van der Waals surface area contributed by atoms with Crippen molar-refractivity contribution in [3.8, 4) is 5.75 Å². The SMILES string of the molecule is COc1ccc(C2CCN(C[C@@H]3CC[C@H](N)C3)CC2)cc1. The first-order chi connectivity index (χ1) is 10.2. The number of piperidine rings is 1. The maximum absolute atomic E-state index is 6.02. The smallest absolute Gasteiger partial charge is 0.118 e. The maximum atomic E-state index is 6.02. The first-order valence-electron chi connectivity index (χ1n) is 8.36. The fourth-order valence-corrected chi connectivity index (χ4v) is 3.97. The van der Waals surface area contributed by atoms with Gasteiger partial charge in [0, 0.05) is 12.6 Å². The highest BCUT2D eigenvalue weighted by molar-refractivity contribution is 5.29. The van der Waals surface area contributed by atoms with E-state index in [4.69, 9.17) is 10.5 Å². The Labute approximate surface area is 128 Å². The fraction of sp³-hybridized carbons (Fsp3) is 0.667. The number of nitrogens with zero attached hydrogens (tertiary/aromatic N) is 1. The van der Waals surface area contributed by atoms with Crippen LogP contribution in [0, 0.1) is 5.92 Å². The first-order valence-corrected chi connectivity index (χ1v) is 8.36. The van der Waals surface area contributed by atoms with Gasteiger partial charge in [0.2, 0.25) is 0 Å². The average molecular weight is 288 g/mol. The minimum absolute atomic E-state index is 0.465. The van der Waals surface area contributed by atoms with E-state index in [-0.39, 0.29) is 0 Å². The van der Waals surface area contributed by atoms with E-state index in [1.54, 1.807) is 7.11 Å². The van der Waals surface area contributed by atoms with Crippen LogP contribution < -0.4 is 10.5 Å². The van der Waals surface area contributed by atoms with Crippen LogP contribution in [-0.2, 0) is 0 Å². The Kier molecular flexibility index (Phi) is 4.81. The van der Waals surface area contributed by atoms with Gasteiger partial charge in [0.05, 0.1) is 7.11 Å². The summed E-state index contributed by atoms with van der Waals surface area (Å²) in [5.74, 6) is 2.52. The molecule has 1 aromatic rings. The van der Waals surface area contributed by atoms with Gasteiger partial charge in [-0.2, -0.15) is 0 Å². The van der Waals surface area contributed by atoms with Crippen LogP contribution in [-0.4, -0.2) is 37.7 Å². The molecule has 0 unspecified atom stereocenters. The van der Waals surface area contributed by atoms with Gasteiger partial charge >= 0.3 is 0 Å². The number of rotatable bonds is 4. The van der Waals surface area contributed by atoms with Crippen LogP contribution in [0.4, 0.5) is 0 Å². The molecule has 2 aliphatic rings. The average Bonchev–Trinajstić information content (AvgIpc) is 2.93. The molecule has 0 bridgehead atoms. The van der Waals surface area contributed by atoms with E-state index < -0.39 is 0 Å². The third kappa shape index (κ3) is 3.78. The standard InChI is InChI=1S/C18H28N2O/c1-21-18-6-3-15(4-7-18)16-8-10-20(11-9-16)13-14-2-5-17(19)12-14/h3-4,6-7,14,16-17H,2,5,8-13,19H2,1H3/t14-,17+/m1/s1. The lowest BCUT2D eigenvalue weighted by atomic mass is 9.89. The van der Waals surface area contributed by atoms with Gasteiger partial charge in [-0.25, -0.2) is 0 Å². The molecule has 2 N–H and O–H groups in total. The van der Waals surface area contributed by atoms with E-state index >= 15 is 0 Å². The highest BCUT2D eigenvalue weighted by atomic mass is 16.5. The predicted molar refractivity (Wildman–Crippen MR) is 86.7 cm³/mol. The largest absolute Gasteiger partial charge is 0.497 e. The normalized spacial score (nSPS) is 27.9. The van der Waals surface area contributed by atoms with Crippen LogP contribution in [0.3, 0.4) is 0 Å². The lowest BCUT2D eigenvalue weighted by Crippen LogP contribution is -2.36. The van der Waals surface area contributed by atoms with Gasteiger partial charge < -0.3 is 15.4 Å². The number of benzene rings is 1. The summed E-state index contributed by atoms with van der Waals surface area (Å²) in [7, 11) is 1.72. The van der Waals surface area contributed by atoms with Gasteiger partial charge in [-0.1, -0.05) is 12.1 Å². The first kappa shape index (κ1) is 14.9. The quantitative estimate of drug-likeness (QED) is 0.925. The van der Waals surface area contributed by atoms with Crippen LogP contribution in [0.5, 0.6) is 5.75 Å². The minimum Gasteiger partial charge on any atom is -0.497 e. The third-order valence-corrected chi connectivity index (χ3v) is 5.27. The second kappa shape index (κ2) is 6.80. The highest BCUT2D eigenvalue weighted by Gasteiger charge is 2.26. The zero-order valence-corrected chi connectivity index (χ0v) is 13.1. The van der Waals surface area contributed by atoms with E-state index in [2.05, 4.69) is 29.2 Å². The summed E-state index contributed by atoms with van der Waals surface area (Å²) in [4.78, 5) is 2.66. The van der Waals surface area contributed by atoms with Gasteiger partial charge in [-0.05, 0) is 74.7 Å². The molecular weight excluding hydrogens is 260 g/mol. The molecule has 3 nitrogen and oxygen atoms in total. The second-order valence-corrected chi connectivity index (χ2v) is 6.79. The summed E-state index contributed by atoms with van der Waals surface area (Å²) in [5, 5.41) is 0. The van der Waals surface area contributed by atoms with E-state index in [0.717, 1.165) is 17.6 Å². The molecule has 1 aliphatic carbocycles. The molecule has 3 heteroatoms. The van der Waals surface area contributed by atoms with E-state index in [1.807, 2.05) is 0 Å². The number of nitrogens with two attached hydrogens (primary N) is 1. The van der Waals surface area contributed by atoms with Crippen molar-refractivity contribution in [2.75, 3.05) is 26.7 Å². The van der Waals surface area contributed by atoms with Gasteiger partial charge in [-0.15, -0.1) is 0 Å². The molecule has 0 spiro atoms. The van der Waals surface area contributed by atoms with E-state index in [0.29, 0.717) is 6.04 Å². The van der Waals surface area contributed by atoms with Gasteiger partial charge in [-0.3, -0.25) is 0 Å². The molecular formula is C18H28N2O. The van der Waals surface area contributed by atoms with Gasteiger partial charge in [0.25, 0.3) is 0 Å². The molecule has 1 aromatic carbocycles. The number of hydrogen-bond acceptors (Lipinski definition) is 3. The zero-order valence-electron chi connectivity index (χ0n) is 13.1. The van der Waals surface area contributed by atoms with Crippen molar-refractivity contribution in [3.05, 3.63) is 29.8 Å². The number of likely N-dealkylation sites (tertiary alicyclic amines) is 1. The van der Waals surface area contributed by atoms with E-state index in [9.17, 15) is 0 Å². The lowest BCUT2D eigenvalue weighted by Gasteiger charge is -2.33. The molecule has 1 saturated heterocycles. The van der Waals surface area contributed by atoms with Crippen molar-refractivity contribution in [3.63, 3.8) is 0 Å². The van der Waals surface area contributed by atoms with Crippen LogP contribution in [0.25, 0.3) is 0 Å². The Morgan fingerprint density at radius 3 is 2.38 bits per heavy atom. The Bertz CT molecular complexity index is 437. The molecule has 0 amide bonds. The molecule has 2 atom stereocenters. The number of methoxy groups -OCH3 is 1. The Morgan fingerprint density at radius 2 is 1.81 bits per heavy atom. The second-order valence-electron chi connectivity index (χ2n) is 6.79. The number of ether oxygens (including phenoxy) is 1. The maximum Gasteiger partial charge on any atom is 0.118 e. The van der Waals surface area contributed by atoms with Crippen molar-refractivity contribution >= 4 is 0 Å². The Balaban J connectivity index is 1.48. The molecule has 1 saturated carbocycles. The molecule has 2 fully saturated rings. The Morgan fingerprint density at radius 1 is 1.10 bits per heavy atom. The zero-order chi connectivity index (χ0) is 14.7. The van der Waals surface area contributed by atoms with Gasteiger partial charge in [0.15, 0.2) is 0 Å². The highest BCUT2D eigenvalue weighted by Crippen LogP contribution is 2.31. The summed E-state index contributed by atoms with van der Waals surface area (Å²) in [6.45, 7) is 3.74. The van der Waals surface area contributed by atoms with Gasteiger partial charge in [0.1, 0.15) is 5.75 Å². The molecule has 1 heterocycles. The molecule has 21 heavy (non-hydrogen) atoms. The summed E-state index contributed by atoms with van der Waals surface area (Å²) in [6.07, 6.45) is 6.36. The minimum atomic E-state index is 0.465. The molecule has 0 aromatic heterocycles. The van der Waals surface area contributed by atoms with Crippen LogP contribution in [0.2, 0.25) is 0 Å². The molecule has 3 rings (SSSR count). The Hall–Kier alpha value is -1.06. The summed E-state index contributed by atoms with van der Waals surface area (Å²) in [5.41, 5.74) is 7.49. The lowest BCUT2D eigenvalue weighted by molar-refractivity contribution is 0.183. The van der Waals surface area contributed by atoms with Crippen molar-refractivity contribution in [2.24, 2.45) is 11.7 Å². The topological polar surface area (TPSA) is 38.5 Å². The monoisotopic (exact) mass is 288 g/mol. The van der Waals surface area contributed by atoms with Crippen LogP contribution in [0.15, 0.2) is 24.3 Å². The molecule has 116 valence electrons. The van der Waals surface area contributed by atoms with Crippen LogP contribution in [0.1, 0.15) is 43.6 Å². The third-order valence-electron chi connectivity index (χ3n) is 5.27. The fourth-order valence-electron chi connectivity index (χ4n) is 3.97. The van der Waals surface area contributed by atoms with Crippen molar-refractivity contribution < 1.29 is 4.74 Å². The molecule has 1 aliphatic heterocycles.